The van der Waals surface area contributed by atoms with Crippen LogP contribution in [0.2, 0.25) is 0 Å². The Hall–Kier alpha value is -1.38. The van der Waals surface area contributed by atoms with Crippen LogP contribution in [-0.2, 0) is 14.3 Å². The van der Waals surface area contributed by atoms with Crippen molar-refractivity contribution < 1.29 is 14.3 Å². The van der Waals surface area contributed by atoms with Crippen LogP contribution in [0.5, 0.6) is 0 Å². The molecule has 154 valence electrons. The predicted molar refractivity (Wildman–Crippen MR) is 109 cm³/mol. The largest absolute Gasteiger partial charge is 0.451 e. The van der Waals surface area contributed by atoms with Crippen molar-refractivity contribution >= 4 is 11.8 Å². The van der Waals surface area contributed by atoms with Crippen molar-refractivity contribution in [2.75, 3.05) is 0 Å². The van der Waals surface area contributed by atoms with Gasteiger partial charge in [-0.1, -0.05) is 12.5 Å². The second-order valence-electron chi connectivity index (χ2n) is 11.4. The Morgan fingerprint density at radius 1 is 1.10 bits per heavy atom. The molecule has 1 heterocycles. The Morgan fingerprint density at radius 2 is 1.97 bits per heavy atom. The number of ketones is 1. The lowest BCUT2D eigenvalue weighted by Crippen LogP contribution is -2.58. The van der Waals surface area contributed by atoms with E-state index in [2.05, 4.69) is 19.1 Å². The van der Waals surface area contributed by atoms with Crippen LogP contribution in [0, 0.1) is 52.8 Å². The first-order valence-electron chi connectivity index (χ1n) is 12.2. The van der Waals surface area contributed by atoms with E-state index in [9.17, 15) is 9.59 Å². The number of fused-ring (bicyclic) bond motifs is 9. The fraction of sp³-hybridized carbons (Fsp3) is 0.769. The van der Waals surface area contributed by atoms with Gasteiger partial charge in [-0.15, -0.1) is 0 Å². The van der Waals surface area contributed by atoms with Gasteiger partial charge in [-0.25, -0.2) is 4.79 Å². The van der Waals surface area contributed by atoms with Crippen LogP contribution in [0.1, 0.15) is 64.7 Å². The van der Waals surface area contributed by atoms with E-state index >= 15 is 0 Å². The number of hydrogen-bond acceptors (Lipinski definition) is 3. The quantitative estimate of drug-likeness (QED) is 0.630. The van der Waals surface area contributed by atoms with Gasteiger partial charge in [0.2, 0.25) is 0 Å². The summed E-state index contributed by atoms with van der Waals surface area (Å²) in [6.45, 7) is 2.36. The number of carbonyl (C=O) groups excluding carboxylic acids is 2. The third-order valence-electron chi connectivity index (χ3n) is 10.7. The van der Waals surface area contributed by atoms with Gasteiger partial charge < -0.3 is 4.74 Å². The standard InChI is InChI=1S/C26H32O3/c1-2-25-9-7-18-17-6-5-16(27)11-15(17)12-19(14-3-4-14)23(18)24(25)20-13-21(20)26(25)10-8-22(28)29-26/h8,10-11,14,17-21,23-24H,2-7,9,12-13H2,1H3/t17?,18?,19?,20?,21?,23?,24?,25-,26?/m0/s1. The summed E-state index contributed by atoms with van der Waals surface area (Å²) >= 11 is 0. The SMILES string of the molecule is CC[C@]12CCC3C4CCC(=O)C=C4CC(C4CC4)C3C1C1CC1C21C=CC(=O)O1. The van der Waals surface area contributed by atoms with Crippen LogP contribution in [0.3, 0.4) is 0 Å². The van der Waals surface area contributed by atoms with Crippen LogP contribution >= 0.6 is 0 Å². The summed E-state index contributed by atoms with van der Waals surface area (Å²) in [5.41, 5.74) is 1.37. The van der Waals surface area contributed by atoms with Crippen LogP contribution in [0.25, 0.3) is 0 Å². The number of rotatable bonds is 2. The van der Waals surface area contributed by atoms with E-state index in [4.69, 9.17) is 4.74 Å². The molecule has 1 spiro atoms. The zero-order chi connectivity index (χ0) is 19.5. The van der Waals surface area contributed by atoms with E-state index < -0.39 is 0 Å². The molecule has 0 aromatic carbocycles. The van der Waals surface area contributed by atoms with Crippen LogP contribution in [-0.4, -0.2) is 17.4 Å². The highest BCUT2D eigenvalue weighted by Gasteiger charge is 2.79. The molecule has 7 rings (SSSR count). The van der Waals surface area contributed by atoms with Gasteiger partial charge in [0.1, 0.15) is 5.60 Å². The first kappa shape index (κ1) is 17.3. The molecule has 0 amide bonds. The van der Waals surface area contributed by atoms with Crippen LogP contribution in [0.4, 0.5) is 0 Å². The molecule has 0 radical (unpaired) electrons. The summed E-state index contributed by atoms with van der Waals surface area (Å²) in [7, 11) is 0. The molecular weight excluding hydrogens is 360 g/mol. The summed E-state index contributed by atoms with van der Waals surface area (Å²) in [5.74, 6) is 6.15. The molecule has 8 unspecified atom stereocenters. The zero-order valence-corrected chi connectivity index (χ0v) is 17.4. The molecule has 1 aliphatic heterocycles. The summed E-state index contributed by atoms with van der Waals surface area (Å²) in [4.78, 5) is 24.4. The lowest BCUT2D eigenvalue weighted by molar-refractivity contribution is -0.175. The average molecular weight is 393 g/mol. The van der Waals surface area contributed by atoms with Crippen molar-refractivity contribution in [1.82, 2.24) is 0 Å². The van der Waals surface area contributed by atoms with Crippen molar-refractivity contribution in [3.8, 4) is 0 Å². The summed E-state index contributed by atoms with van der Waals surface area (Å²) in [5, 5.41) is 0. The molecule has 29 heavy (non-hydrogen) atoms. The minimum Gasteiger partial charge on any atom is -0.451 e. The van der Waals surface area contributed by atoms with E-state index in [1.54, 1.807) is 6.08 Å². The summed E-state index contributed by atoms with van der Waals surface area (Å²) in [6.07, 6.45) is 16.6. The number of esters is 1. The highest BCUT2D eigenvalue weighted by atomic mass is 16.6. The smallest absolute Gasteiger partial charge is 0.331 e. The Balaban J connectivity index is 1.34. The third kappa shape index (κ3) is 2.01. The minimum absolute atomic E-state index is 0.107. The van der Waals surface area contributed by atoms with E-state index in [1.807, 2.05) is 0 Å². The summed E-state index contributed by atoms with van der Waals surface area (Å²) < 4.78 is 6.23. The molecule has 0 saturated heterocycles. The third-order valence-corrected chi connectivity index (χ3v) is 10.7. The second kappa shape index (κ2) is 5.45. The predicted octanol–water partition coefficient (Wildman–Crippen LogP) is 4.86. The molecule has 0 bridgehead atoms. The molecule has 3 nitrogen and oxygen atoms in total. The maximum atomic E-state index is 12.2. The van der Waals surface area contributed by atoms with E-state index in [0.717, 1.165) is 54.8 Å². The Morgan fingerprint density at radius 3 is 2.69 bits per heavy atom. The minimum atomic E-state index is -0.300. The second-order valence-corrected chi connectivity index (χ2v) is 11.4. The molecule has 0 aromatic heterocycles. The van der Waals surface area contributed by atoms with E-state index in [1.165, 1.54) is 44.1 Å². The summed E-state index contributed by atoms with van der Waals surface area (Å²) in [6, 6.07) is 0. The van der Waals surface area contributed by atoms with Crippen molar-refractivity contribution in [2.45, 2.75) is 70.3 Å². The van der Waals surface area contributed by atoms with E-state index in [0.29, 0.717) is 17.6 Å². The first-order valence-corrected chi connectivity index (χ1v) is 12.2. The van der Waals surface area contributed by atoms with Gasteiger partial charge in [-0.05, 0) is 105 Å². The normalized spacial score (nSPS) is 54.4. The zero-order valence-electron chi connectivity index (χ0n) is 17.4. The van der Waals surface area contributed by atoms with Crippen molar-refractivity contribution in [2.24, 2.45) is 52.8 Å². The molecule has 3 heteroatoms. The first-order chi connectivity index (χ1) is 14.1. The number of hydrogen-bond donors (Lipinski definition) is 0. The number of carbonyl (C=O) groups is 2. The topological polar surface area (TPSA) is 43.4 Å². The van der Waals surface area contributed by atoms with Gasteiger partial charge in [0.25, 0.3) is 0 Å². The maximum absolute atomic E-state index is 12.2. The molecule has 5 fully saturated rings. The van der Waals surface area contributed by atoms with Crippen molar-refractivity contribution in [1.29, 1.82) is 0 Å². The molecule has 0 aromatic rings. The lowest BCUT2D eigenvalue weighted by atomic mass is 9.45. The van der Waals surface area contributed by atoms with Gasteiger partial charge in [0.15, 0.2) is 5.78 Å². The highest BCUT2D eigenvalue weighted by molar-refractivity contribution is 5.91. The van der Waals surface area contributed by atoms with Crippen molar-refractivity contribution in [3.63, 3.8) is 0 Å². The van der Waals surface area contributed by atoms with Crippen LogP contribution in [0.15, 0.2) is 23.8 Å². The molecule has 0 N–H and O–H groups in total. The highest BCUT2D eigenvalue weighted by Crippen LogP contribution is 2.79. The Kier molecular flexibility index (Phi) is 3.25. The number of ether oxygens (including phenoxy) is 1. The van der Waals surface area contributed by atoms with Gasteiger partial charge in [-0.3, -0.25) is 4.79 Å². The molecule has 7 aliphatic rings. The van der Waals surface area contributed by atoms with Gasteiger partial charge in [0.05, 0.1) is 0 Å². The fourth-order valence-corrected chi connectivity index (χ4v) is 9.66. The van der Waals surface area contributed by atoms with Crippen LogP contribution < -0.4 is 0 Å². The molecule has 5 saturated carbocycles. The van der Waals surface area contributed by atoms with E-state index in [-0.39, 0.29) is 17.0 Å². The van der Waals surface area contributed by atoms with Gasteiger partial charge in [0, 0.05) is 23.8 Å². The number of allylic oxidation sites excluding steroid dienone is 1. The lowest BCUT2D eigenvalue weighted by Gasteiger charge is -2.60. The molecule has 6 aliphatic carbocycles. The average Bonchev–Trinajstić information content (AvgIpc) is 3.64. The fourth-order valence-electron chi connectivity index (χ4n) is 9.66. The monoisotopic (exact) mass is 392 g/mol. The Bertz CT molecular complexity index is 865. The molecular formula is C26H32O3. The van der Waals surface area contributed by atoms with Gasteiger partial charge in [-0.2, -0.15) is 0 Å². The van der Waals surface area contributed by atoms with Crippen molar-refractivity contribution in [3.05, 3.63) is 23.8 Å². The Labute approximate surface area is 173 Å². The molecule has 9 atom stereocenters. The maximum Gasteiger partial charge on any atom is 0.331 e. The van der Waals surface area contributed by atoms with Gasteiger partial charge >= 0.3 is 5.97 Å².